The Hall–Kier alpha value is -4.05. The summed E-state index contributed by atoms with van der Waals surface area (Å²) in [7, 11) is 0. The van der Waals surface area contributed by atoms with Crippen LogP contribution in [-0.2, 0) is 36.8 Å². The van der Waals surface area contributed by atoms with Crippen LogP contribution in [0.25, 0.3) is 0 Å². The van der Waals surface area contributed by atoms with Crippen LogP contribution in [-0.4, -0.2) is 59.1 Å². The summed E-state index contributed by atoms with van der Waals surface area (Å²) in [5.41, 5.74) is 0.529. The molecule has 0 spiro atoms. The third-order valence-electron chi connectivity index (χ3n) is 9.82. The molecule has 0 saturated heterocycles. The van der Waals surface area contributed by atoms with Crippen LogP contribution in [0.2, 0.25) is 5.02 Å². The highest BCUT2D eigenvalue weighted by atomic mass is 35.5. The molecule has 48 heavy (non-hydrogen) atoms. The molecule has 2 saturated carbocycles. The first kappa shape index (κ1) is 33.8. The quantitative estimate of drug-likeness (QED) is 0.269. The number of carbonyl (C=O) groups excluding carboxylic acids is 4. The second kappa shape index (κ2) is 15.0. The van der Waals surface area contributed by atoms with Gasteiger partial charge in [0.1, 0.15) is 35.2 Å². The van der Waals surface area contributed by atoms with E-state index in [0.717, 1.165) is 62.5 Å². The van der Waals surface area contributed by atoms with Crippen molar-refractivity contribution in [2.75, 3.05) is 6.61 Å². The van der Waals surface area contributed by atoms with Gasteiger partial charge in [0.05, 0.1) is 6.61 Å². The number of benzene rings is 2. The molecule has 2 aliphatic heterocycles. The van der Waals surface area contributed by atoms with Crippen LogP contribution < -0.4 is 15.4 Å². The summed E-state index contributed by atoms with van der Waals surface area (Å²) in [4.78, 5) is 56.5. The standard InChI is InChI=1S/C37H44ClN3O7/c1-2-46-35(44)37-22-26(37)11-6-4-3-5-7-16-31(39-36(45)48-28-13-8-9-14-28)34(43)41-23-24-17-18-30(47-29-15-10-12-27(38)21-29)19-25(24)20-32(41)33(42)40-37/h6,10-12,15,17-19,21,26,28,31-32H,2-5,7-9,13-14,16,20,22-23H2,1H3,(H,39,45)(H,40,42)/b11-6-/t26-,31-,32?,37+/m0/s1. The van der Waals surface area contributed by atoms with Crippen LogP contribution in [0.5, 0.6) is 11.5 Å². The number of allylic oxidation sites excluding steroid dienone is 1. The van der Waals surface area contributed by atoms with Crippen LogP contribution in [0, 0.1) is 5.92 Å². The molecule has 4 atom stereocenters. The van der Waals surface area contributed by atoms with E-state index in [2.05, 4.69) is 16.7 Å². The lowest BCUT2D eigenvalue weighted by Gasteiger charge is -2.38. The van der Waals surface area contributed by atoms with Gasteiger partial charge in [-0.2, -0.15) is 0 Å². The van der Waals surface area contributed by atoms with Crippen molar-refractivity contribution in [2.45, 2.75) is 108 Å². The van der Waals surface area contributed by atoms with Gasteiger partial charge in [0.25, 0.3) is 0 Å². The minimum atomic E-state index is -1.18. The maximum atomic E-state index is 14.4. The number of nitrogens with zero attached hydrogens (tertiary/aromatic N) is 1. The molecular weight excluding hydrogens is 634 g/mol. The number of rotatable bonds is 6. The number of hydrogen-bond acceptors (Lipinski definition) is 7. The number of amides is 3. The zero-order chi connectivity index (χ0) is 33.7. The highest BCUT2D eigenvalue weighted by Gasteiger charge is 2.62. The highest BCUT2D eigenvalue weighted by Crippen LogP contribution is 2.46. The normalized spacial score (nSPS) is 26.8. The van der Waals surface area contributed by atoms with Gasteiger partial charge in [-0.05, 0) is 99.7 Å². The Morgan fingerprint density at radius 1 is 1.00 bits per heavy atom. The number of fused-ring (bicyclic) bond motifs is 3. The van der Waals surface area contributed by atoms with E-state index in [1.54, 1.807) is 36.1 Å². The maximum absolute atomic E-state index is 14.4. The Morgan fingerprint density at radius 3 is 2.58 bits per heavy atom. The molecule has 2 heterocycles. The number of carbonyl (C=O) groups is 4. The van der Waals surface area contributed by atoms with Crippen LogP contribution in [0.3, 0.4) is 0 Å². The Balaban J connectivity index is 1.30. The largest absolute Gasteiger partial charge is 0.464 e. The van der Waals surface area contributed by atoms with Gasteiger partial charge < -0.3 is 29.7 Å². The van der Waals surface area contributed by atoms with Crippen molar-refractivity contribution in [1.82, 2.24) is 15.5 Å². The van der Waals surface area contributed by atoms with E-state index < -0.39 is 35.6 Å². The Bertz CT molecular complexity index is 1560. The van der Waals surface area contributed by atoms with Crippen molar-refractivity contribution in [2.24, 2.45) is 5.92 Å². The molecule has 2 aromatic carbocycles. The van der Waals surface area contributed by atoms with Gasteiger partial charge in [-0.1, -0.05) is 48.7 Å². The fourth-order valence-corrected chi connectivity index (χ4v) is 7.29. The van der Waals surface area contributed by atoms with E-state index in [1.165, 1.54) is 0 Å². The van der Waals surface area contributed by atoms with Crippen molar-refractivity contribution < 1.29 is 33.4 Å². The van der Waals surface area contributed by atoms with Crippen LogP contribution in [0.4, 0.5) is 4.79 Å². The number of alkyl carbamates (subject to hydrolysis) is 1. The summed E-state index contributed by atoms with van der Waals surface area (Å²) in [5, 5.41) is 6.42. The van der Waals surface area contributed by atoms with Gasteiger partial charge in [-0.25, -0.2) is 9.59 Å². The topological polar surface area (TPSA) is 123 Å². The first-order valence-electron chi connectivity index (χ1n) is 17.2. The summed E-state index contributed by atoms with van der Waals surface area (Å²) in [6.07, 6.45) is 11.3. The van der Waals surface area contributed by atoms with E-state index in [-0.39, 0.29) is 37.5 Å². The third-order valence-corrected chi connectivity index (χ3v) is 10.1. The molecule has 2 fully saturated rings. The summed E-state index contributed by atoms with van der Waals surface area (Å²) in [6.45, 7) is 2.08. The number of halogens is 1. The van der Waals surface area contributed by atoms with Gasteiger partial charge in [0, 0.05) is 23.9 Å². The van der Waals surface area contributed by atoms with Crippen molar-refractivity contribution in [1.29, 1.82) is 0 Å². The van der Waals surface area contributed by atoms with Crippen molar-refractivity contribution in [3.8, 4) is 11.5 Å². The molecule has 6 rings (SSSR count). The summed E-state index contributed by atoms with van der Waals surface area (Å²) >= 11 is 6.16. The average Bonchev–Trinajstić information content (AvgIpc) is 3.51. The van der Waals surface area contributed by atoms with Gasteiger partial charge in [-0.3, -0.25) is 9.59 Å². The smallest absolute Gasteiger partial charge is 0.408 e. The molecule has 2 N–H and O–H groups in total. The van der Waals surface area contributed by atoms with Crippen LogP contribution in [0.1, 0.15) is 82.3 Å². The van der Waals surface area contributed by atoms with Crippen molar-refractivity contribution in [3.63, 3.8) is 0 Å². The lowest BCUT2D eigenvalue weighted by atomic mass is 9.91. The average molecular weight is 678 g/mol. The van der Waals surface area contributed by atoms with Crippen molar-refractivity contribution >= 4 is 35.5 Å². The fraction of sp³-hybridized carbons (Fsp3) is 0.514. The lowest BCUT2D eigenvalue weighted by molar-refractivity contribution is -0.151. The summed E-state index contributed by atoms with van der Waals surface area (Å²) in [6, 6.07) is 10.9. The number of esters is 1. The number of ether oxygens (including phenoxy) is 3. The first-order valence-corrected chi connectivity index (χ1v) is 17.6. The number of hydrogen-bond donors (Lipinski definition) is 2. The molecule has 4 aliphatic rings. The molecule has 10 nitrogen and oxygen atoms in total. The summed E-state index contributed by atoms with van der Waals surface area (Å²) < 4.78 is 17.2. The lowest BCUT2D eigenvalue weighted by Crippen LogP contribution is -2.60. The predicted octanol–water partition coefficient (Wildman–Crippen LogP) is 6.38. The zero-order valence-electron chi connectivity index (χ0n) is 27.4. The molecule has 1 unspecified atom stereocenters. The maximum Gasteiger partial charge on any atom is 0.408 e. The molecule has 2 aromatic rings. The molecule has 0 bridgehead atoms. The second-order valence-corrected chi connectivity index (χ2v) is 13.7. The van der Waals surface area contributed by atoms with Crippen LogP contribution >= 0.6 is 11.6 Å². The van der Waals surface area contributed by atoms with E-state index in [9.17, 15) is 19.2 Å². The van der Waals surface area contributed by atoms with Gasteiger partial charge in [-0.15, -0.1) is 0 Å². The number of nitrogens with one attached hydrogen (secondary N) is 2. The Kier molecular flexibility index (Phi) is 10.6. The van der Waals surface area contributed by atoms with E-state index in [0.29, 0.717) is 29.4 Å². The predicted molar refractivity (Wildman–Crippen MR) is 180 cm³/mol. The fourth-order valence-electron chi connectivity index (χ4n) is 7.11. The van der Waals surface area contributed by atoms with Crippen molar-refractivity contribution in [3.05, 3.63) is 70.8 Å². The van der Waals surface area contributed by atoms with Gasteiger partial charge >= 0.3 is 12.1 Å². The van der Waals surface area contributed by atoms with E-state index in [1.807, 2.05) is 24.3 Å². The summed E-state index contributed by atoms with van der Waals surface area (Å²) in [5.74, 6) is -0.321. The van der Waals surface area contributed by atoms with E-state index >= 15 is 0 Å². The molecule has 11 heteroatoms. The highest BCUT2D eigenvalue weighted by molar-refractivity contribution is 6.30. The van der Waals surface area contributed by atoms with Gasteiger partial charge in [0.15, 0.2) is 0 Å². The molecule has 0 radical (unpaired) electrons. The van der Waals surface area contributed by atoms with Crippen LogP contribution in [0.15, 0.2) is 54.6 Å². The SMILES string of the molecule is CCOC(=O)[C@@]12C[C@@H]1/C=C\CCCCC[C@H](NC(=O)OC1CCCC1)C(=O)N1Cc3ccc(Oc4cccc(Cl)c4)cc3CC1C(=O)N2. The zero-order valence-corrected chi connectivity index (χ0v) is 28.1. The first-order chi connectivity index (χ1) is 23.3. The third kappa shape index (κ3) is 7.80. The minimum absolute atomic E-state index is 0.148. The second-order valence-electron chi connectivity index (χ2n) is 13.2. The minimum Gasteiger partial charge on any atom is -0.464 e. The Morgan fingerprint density at radius 2 is 1.79 bits per heavy atom. The van der Waals surface area contributed by atoms with E-state index in [4.69, 9.17) is 25.8 Å². The monoisotopic (exact) mass is 677 g/mol. The molecule has 256 valence electrons. The molecule has 2 aliphatic carbocycles. The molecular formula is C37H44ClN3O7. The molecule has 3 amide bonds. The van der Waals surface area contributed by atoms with Gasteiger partial charge in [0.2, 0.25) is 11.8 Å². The Labute approximate surface area is 286 Å². The molecule has 0 aromatic heterocycles.